The predicted octanol–water partition coefficient (Wildman–Crippen LogP) is 1.60. The van der Waals surface area contributed by atoms with Crippen LogP contribution in [-0.2, 0) is 21.2 Å². The largest absolute Gasteiger partial charge is 0.297 e. The molecule has 3 aromatic rings. The van der Waals surface area contributed by atoms with Gasteiger partial charge in [0, 0.05) is 22.8 Å². The summed E-state index contributed by atoms with van der Waals surface area (Å²) in [4.78, 5) is 18.9. The summed E-state index contributed by atoms with van der Waals surface area (Å²) in [7, 11) is -3.87. The zero-order valence-electron chi connectivity index (χ0n) is 11.6. The number of nitrogens with one attached hydrogen (secondary N) is 2. The Labute approximate surface area is 140 Å². The van der Waals surface area contributed by atoms with Crippen molar-refractivity contribution in [2.45, 2.75) is 11.3 Å². The summed E-state index contributed by atoms with van der Waals surface area (Å²) in [6.45, 7) is 0. The first kappa shape index (κ1) is 15.9. The lowest BCUT2D eigenvalue weighted by molar-refractivity contribution is -0.120. The molecule has 10 heteroatoms. The van der Waals surface area contributed by atoms with Gasteiger partial charge in [-0.1, -0.05) is 17.7 Å². The number of carbonyl (C=O) groups excluding carboxylic acids is 1. The lowest BCUT2D eigenvalue weighted by Crippen LogP contribution is -2.42. The molecule has 1 amide bonds. The van der Waals surface area contributed by atoms with E-state index in [0.29, 0.717) is 5.69 Å². The molecule has 1 aromatic carbocycles. The predicted molar refractivity (Wildman–Crippen MR) is 86.7 cm³/mol. The number of hydrogen-bond donors (Lipinski definition) is 2. The first-order chi connectivity index (χ1) is 10.9. The van der Waals surface area contributed by atoms with E-state index in [0.717, 1.165) is 4.96 Å². The molecule has 0 unspecified atom stereocenters. The highest BCUT2D eigenvalue weighted by Crippen LogP contribution is 2.15. The minimum Gasteiger partial charge on any atom is -0.297 e. The lowest BCUT2D eigenvalue weighted by atomic mass is 10.3. The van der Waals surface area contributed by atoms with Crippen molar-refractivity contribution >= 4 is 43.8 Å². The second-order valence-corrected chi connectivity index (χ2v) is 7.60. The number of amides is 1. The summed E-state index contributed by atoms with van der Waals surface area (Å²) in [6.07, 6.45) is 3.51. The van der Waals surface area contributed by atoms with Gasteiger partial charge in [-0.15, -0.1) is 16.2 Å². The monoisotopic (exact) mass is 370 g/mol. The second-order valence-electron chi connectivity index (χ2n) is 4.61. The van der Waals surface area contributed by atoms with Crippen molar-refractivity contribution in [3.63, 3.8) is 0 Å². The van der Waals surface area contributed by atoms with E-state index in [9.17, 15) is 13.2 Å². The normalized spacial score (nSPS) is 11.7. The number of thiazole rings is 1. The van der Waals surface area contributed by atoms with Gasteiger partial charge in [0.2, 0.25) is 5.91 Å². The van der Waals surface area contributed by atoms with Gasteiger partial charge in [-0.05, 0) is 18.2 Å². The molecule has 7 nitrogen and oxygen atoms in total. The van der Waals surface area contributed by atoms with E-state index in [-0.39, 0.29) is 16.3 Å². The molecule has 0 aliphatic heterocycles. The maximum Gasteiger partial charge on any atom is 0.257 e. The number of rotatable bonds is 5. The maximum absolute atomic E-state index is 12.0. The summed E-state index contributed by atoms with van der Waals surface area (Å²) in [6, 6.07) is 5.74. The molecular weight excluding hydrogens is 360 g/mol. The maximum atomic E-state index is 12.0. The van der Waals surface area contributed by atoms with Crippen molar-refractivity contribution in [1.82, 2.24) is 19.6 Å². The third-order valence-electron chi connectivity index (χ3n) is 2.92. The standard InChI is InChI=1S/C13H11ClN4O3S2/c14-9-2-1-3-11(6-9)23(20,21)17-16-12(19)7-10-8-18-4-5-22-13(18)15-10/h1-6,8,17H,7H2,(H,16,19). The van der Waals surface area contributed by atoms with Gasteiger partial charge in [-0.3, -0.25) is 14.6 Å². The van der Waals surface area contributed by atoms with Gasteiger partial charge >= 0.3 is 0 Å². The number of hydrazine groups is 1. The van der Waals surface area contributed by atoms with Gasteiger partial charge in [0.05, 0.1) is 17.0 Å². The van der Waals surface area contributed by atoms with E-state index in [2.05, 4.69) is 10.4 Å². The number of nitrogens with zero attached hydrogens (tertiary/aromatic N) is 2. The van der Waals surface area contributed by atoms with Crippen molar-refractivity contribution in [1.29, 1.82) is 0 Å². The van der Waals surface area contributed by atoms with E-state index in [1.807, 2.05) is 16.4 Å². The molecule has 0 spiro atoms. The number of hydrogen-bond acceptors (Lipinski definition) is 5. The van der Waals surface area contributed by atoms with Crippen LogP contribution < -0.4 is 10.3 Å². The van der Waals surface area contributed by atoms with E-state index in [1.54, 1.807) is 16.7 Å². The van der Waals surface area contributed by atoms with Crippen LogP contribution >= 0.6 is 22.9 Å². The Bertz CT molecular complexity index is 936. The number of imidazole rings is 1. The number of fused-ring (bicyclic) bond motifs is 1. The fraction of sp³-hybridized carbons (Fsp3) is 0.0769. The molecule has 0 saturated carbocycles. The summed E-state index contributed by atoms with van der Waals surface area (Å²) >= 11 is 7.21. The Balaban J connectivity index is 1.63. The van der Waals surface area contributed by atoms with Crippen LogP contribution in [0, 0.1) is 0 Å². The Morgan fingerprint density at radius 3 is 2.96 bits per heavy atom. The number of benzene rings is 1. The first-order valence-corrected chi connectivity index (χ1v) is 9.15. The first-order valence-electron chi connectivity index (χ1n) is 6.41. The lowest BCUT2D eigenvalue weighted by Gasteiger charge is -2.08. The van der Waals surface area contributed by atoms with Gasteiger partial charge in [-0.2, -0.15) is 0 Å². The molecule has 0 aliphatic carbocycles. The van der Waals surface area contributed by atoms with Crippen molar-refractivity contribution in [3.05, 3.63) is 52.8 Å². The Kier molecular flexibility index (Phi) is 4.35. The summed E-state index contributed by atoms with van der Waals surface area (Å²) < 4.78 is 25.9. The highest BCUT2D eigenvalue weighted by atomic mass is 35.5. The molecule has 23 heavy (non-hydrogen) atoms. The van der Waals surface area contributed by atoms with Crippen LogP contribution in [0.3, 0.4) is 0 Å². The molecule has 0 radical (unpaired) electrons. The highest BCUT2D eigenvalue weighted by molar-refractivity contribution is 7.89. The van der Waals surface area contributed by atoms with Gasteiger partial charge in [0.1, 0.15) is 0 Å². The topological polar surface area (TPSA) is 92.6 Å². The quantitative estimate of drug-likeness (QED) is 0.667. The van der Waals surface area contributed by atoms with Crippen LogP contribution in [0.2, 0.25) is 5.02 Å². The molecule has 2 N–H and O–H groups in total. The van der Waals surface area contributed by atoms with E-state index in [1.165, 1.54) is 29.5 Å². The third-order valence-corrected chi connectivity index (χ3v) is 5.17. The van der Waals surface area contributed by atoms with Crippen molar-refractivity contribution in [2.75, 3.05) is 0 Å². The van der Waals surface area contributed by atoms with Gasteiger partial charge in [-0.25, -0.2) is 13.4 Å². The number of sulfonamides is 1. The number of halogens is 1. The average Bonchev–Trinajstić information content (AvgIpc) is 3.06. The summed E-state index contributed by atoms with van der Waals surface area (Å²) in [5, 5.41) is 2.17. The van der Waals surface area contributed by atoms with Crippen LogP contribution in [0.25, 0.3) is 4.96 Å². The molecule has 2 heterocycles. The molecule has 0 bridgehead atoms. The van der Waals surface area contributed by atoms with Gasteiger partial charge < -0.3 is 0 Å². The minimum atomic E-state index is -3.87. The Morgan fingerprint density at radius 2 is 2.22 bits per heavy atom. The number of aromatic nitrogens is 2. The van der Waals surface area contributed by atoms with Crippen molar-refractivity contribution in [3.8, 4) is 0 Å². The van der Waals surface area contributed by atoms with Crippen molar-refractivity contribution in [2.24, 2.45) is 0 Å². The molecule has 2 aromatic heterocycles. The van der Waals surface area contributed by atoms with Crippen LogP contribution in [0.1, 0.15) is 5.69 Å². The molecule has 120 valence electrons. The second kappa shape index (κ2) is 6.28. The fourth-order valence-corrected chi connectivity index (χ4v) is 3.77. The Morgan fingerprint density at radius 1 is 1.39 bits per heavy atom. The Hall–Kier alpha value is -1.94. The zero-order chi connectivity index (χ0) is 16.4. The van der Waals surface area contributed by atoms with E-state index >= 15 is 0 Å². The van der Waals surface area contributed by atoms with E-state index < -0.39 is 15.9 Å². The SMILES string of the molecule is O=C(Cc1cn2ccsc2n1)NNS(=O)(=O)c1cccc(Cl)c1. The fourth-order valence-electron chi connectivity index (χ4n) is 1.89. The van der Waals surface area contributed by atoms with Crippen LogP contribution in [0.5, 0.6) is 0 Å². The smallest absolute Gasteiger partial charge is 0.257 e. The molecular formula is C13H11ClN4O3S2. The zero-order valence-corrected chi connectivity index (χ0v) is 14.0. The minimum absolute atomic E-state index is 0.0344. The third kappa shape index (κ3) is 3.70. The van der Waals surface area contributed by atoms with Crippen LogP contribution in [-0.4, -0.2) is 23.7 Å². The molecule has 0 aliphatic rings. The highest BCUT2D eigenvalue weighted by Gasteiger charge is 2.16. The van der Waals surface area contributed by atoms with Gasteiger partial charge in [0.25, 0.3) is 10.0 Å². The number of carbonyl (C=O) groups is 1. The van der Waals surface area contributed by atoms with E-state index in [4.69, 9.17) is 11.6 Å². The van der Waals surface area contributed by atoms with Crippen LogP contribution in [0.4, 0.5) is 0 Å². The summed E-state index contributed by atoms with van der Waals surface area (Å²) in [5.74, 6) is -0.513. The molecule has 3 rings (SSSR count). The average molecular weight is 371 g/mol. The summed E-state index contributed by atoms with van der Waals surface area (Å²) in [5.41, 5.74) is 2.71. The molecule has 0 atom stereocenters. The van der Waals surface area contributed by atoms with Crippen molar-refractivity contribution < 1.29 is 13.2 Å². The van der Waals surface area contributed by atoms with Crippen LogP contribution in [0.15, 0.2) is 46.9 Å². The van der Waals surface area contributed by atoms with Gasteiger partial charge in [0.15, 0.2) is 4.96 Å². The molecule has 0 fully saturated rings. The molecule has 0 saturated heterocycles.